The third kappa shape index (κ3) is 7.33. The molecule has 2 N–H and O–H groups in total. The Kier molecular flexibility index (Phi) is 9.03. The molecule has 0 saturated heterocycles. The summed E-state index contributed by atoms with van der Waals surface area (Å²) in [6.07, 6.45) is 0.606. The van der Waals surface area contributed by atoms with Crippen LogP contribution in [-0.2, 0) is 14.3 Å². The number of methoxy groups -OCH3 is 1. The van der Waals surface area contributed by atoms with Gasteiger partial charge in [-0.1, -0.05) is 35.9 Å². The van der Waals surface area contributed by atoms with E-state index in [0.29, 0.717) is 30.8 Å². The van der Waals surface area contributed by atoms with Gasteiger partial charge in [0.15, 0.2) is 0 Å². The van der Waals surface area contributed by atoms with Gasteiger partial charge >= 0.3 is 0 Å². The molecule has 0 heterocycles. The van der Waals surface area contributed by atoms with Crippen molar-refractivity contribution in [2.75, 3.05) is 38.7 Å². The van der Waals surface area contributed by atoms with Crippen molar-refractivity contribution in [3.05, 3.63) is 65.2 Å². The first kappa shape index (κ1) is 23.1. The summed E-state index contributed by atoms with van der Waals surface area (Å²) >= 11 is 0. The molecule has 7 nitrogen and oxygen atoms in total. The Morgan fingerprint density at radius 2 is 1.67 bits per heavy atom. The van der Waals surface area contributed by atoms with Crippen LogP contribution in [0.5, 0.6) is 0 Å². The van der Waals surface area contributed by atoms with E-state index in [1.807, 2.05) is 38.1 Å². The molecule has 30 heavy (non-hydrogen) atoms. The fourth-order valence-corrected chi connectivity index (χ4v) is 2.89. The maximum Gasteiger partial charge on any atom is 0.254 e. The molecular weight excluding hydrogens is 382 g/mol. The van der Waals surface area contributed by atoms with Crippen LogP contribution < -0.4 is 10.6 Å². The molecule has 160 valence electrons. The largest absolute Gasteiger partial charge is 0.385 e. The number of ether oxygens (including phenoxy) is 1. The average Bonchev–Trinajstić information content (AvgIpc) is 2.73. The molecule has 0 radical (unpaired) electrons. The molecule has 0 aliphatic carbocycles. The predicted molar refractivity (Wildman–Crippen MR) is 116 cm³/mol. The molecule has 7 heteroatoms. The highest BCUT2D eigenvalue weighted by Gasteiger charge is 2.20. The first-order valence-corrected chi connectivity index (χ1v) is 9.87. The van der Waals surface area contributed by atoms with Gasteiger partial charge in [0, 0.05) is 31.5 Å². The Labute approximate surface area is 177 Å². The Hall–Kier alpha value is -3.19. The number of amides is 3. The molecule has 2 aromatic carbocycles. The molecule has 0 spiro atoms. The Morgan fingerprint density at radius 1 is 0.967 bits per heavy atom. The van der Waals surface area contributed by atoms with Crippen molar-refractivity contribution in [3.63, 3.8) is 0 Å². The number of hydrogen-bond donors (Lipinski definition) is 2. The third-order valence-electron chi connectivity index (χ3n) is 4.56. The molecule has 2 aromatic rings. The van der Waals surface area contributed by atoms with Gasteiger partial charge in [-0.25, -0.2) is 0 Å². The summed E-state index contributed by atoms with van der Waals surface area (Å²) in [7, 11) is 1.59. The highest BCUT2D eigenvalue weighted by atomic mass is 16.5. The van der Waals surface area contributed by atoms with Gasteiger partial charge in [-0.15, -0.1) is 0 Å². The molecule has 2 rings (SSSR count). The van der Waals surface area contributed by atoms with E-state index in [9.17, 15) is 14.4 Å². The van der Waals surface area contributed by atoms with Crippen molar-refractivity contribution >= 4 is 23.4 Å². The minimum Gasteiger partial charge on any atom is -0.385 e. The fourth-order valence-electron chi connectivity index (χ4n) is 2.89. The quantitative estimate of drug-likeness (QED) is 0.588. The number of hydrogen-bond acceptors (Lipinski definition) is 4. The summed E-state index contributed by atoms with van der Waals surface area (Å²) in [5.41, 5.74) is 3.15. The minimum absolute atomic E-state index is 0.130. The lowest BCUT2D eigenvalue weighted by Crippen LogP contribution is -2.43. The second-order valence-corrected chi connectivity index (χ2v) is 7.08. The molecule has 0 aromatic heterocycles. The van der Waals surface area contributed by atoms with E-state index in [-0.39, 0.29) is 24.9 Å². The van der Waals surface area contributed by atoms with Gasteiger partial charge in [-0.2, -0.15) is 0 Å². The molecule has 0 atom stereocenters. The first-order chi connectivity index (χ1) is 14.4. The summed E-state index contributed by atoms with van der Waals surface area (Å²) in [4.78, 5) is 38.9. The molecule has 0 aliphatic rings. The molecule has 0 saturated carbocycles. The molecule has 0 aliphatic heterocycles. The number of rotatable bonds is 10. The second-order valence-electron chi connectivity index (χ2n) is 7.08. The van der Waals surface area contributed by atoms with Gasteiger partial charge in [-0.05, 0) is 44.0 Å². The van der Waals surface area contributed by atoms with Crippen LogP contribution in [0.15, 0.2) is 48.5 Å². The van der Waals surface area contributed by atoms with Crippen molar-refractivity contribution in [1.82, 2.24) is 10.2 Å². The van der Waals surface area contributed by atoms with Crippen molar-refractivity contribution < 1.29 is 19.1 Å². The fraction of sp³-hybridized carbons (Fsp3) is 0.348. The zero-order valence-electron chi connectivity index (χ0n) is 17.7. The van der Waals surface area contributed by atoms with E-state index in [1.54, 1.807) is 31.4 Å². The van der Waals surface area contributed by atoms with E-state index in [4.69, 9.17) is 4.74 Å². The number of nitrogens with zero attached hydrogens (tertiary/aromatic N) is 1. The van der Waals surface area contributed by atoms with Crippen LogP contribution in [-0.4, -0.2) is 56.0 Å². The van der Waals surface area contributed by atoms with Crippen LogP contribution in [0.25, 0.3) is 0 Å². The van der Waals surface area contributed by atoms with E-state index in [1.165, 1.54) is 4.90 Å². The van der Waals surface area contributed by atoms with Crippen molar-refractivity contribution in [1.29, 1.82) is 0 Å². The van der Waals surface area contributed by atoms with E-state index in [0.717, 1.165) is 11.1 Å². The monoisotopic (exact) mass is 411 g/mol. The number of carbonyl (C=O) groups excluding carboxylic acids is 3. The lowest BCUT2D eigenvalue weighted by Gasteiger charge is -2.23. The van der Waals surface area contributed by atoms with Crippen LogP contribution in [0.3, 0.4) is 0 Å². The van der Waals surface area contributed by atoms with Crippen LogP contribution in [0.1, 0.15) is 27.9 Å². The lowest BCUT2D eigenvalue weighted by atomic mass is 10.1. The minimum atomic E-state index is -0.395. The number of nitrogens with one attached hydrogen (secondary N) is 2. The Morgan fingerprint density at radius 3 is 2.33 bits per heavy atom. The molecule has 0 unspecified atom stereocenters. The zero-order valence-corrected chi connectivity index (χ0v) is 17.7. The van der Waals surface area contributed by atoms with Crippen LogP contribution in [0, 0.1) is 13.8 Å². The summed E-state index contributed by atoms with van der Waals surface area (Å²) in [6, 6.07) is 14.6. The highest BCUT2D eigenvalue weighted by Crippen LogP contribution is 2.11. The van der Waals surface area contributed by atoms with E-state index < -0.39 is 5.91 Å². The standard InChI is InChI=1S/C23H29N3O4/c1-17-9-11-19(12-10-17)25-21(27)15-24-22(28)16-26(13-6-14-30-3)23(29)20-8-5-4-7-18(20)2/h4-5,7-12H,6,13-16H2,1-3H3,(H,24,28)(H,25,27). The van der Waals surface area contributed by atoms with Crippen LogP contribution >= 0.6 is 0 Å². The Balaban J connectivity index is 1.92. The van der Waals surface area contributed by atoms with Crippen LogP contribution in [0.2, 0.25) is 0 Å². The van der Waals surface area contributed by atoms with E-state index in [2.05, 4.69) is 10.6 Å². The maximum atomic E-state index is 12.9. The van der Waals surface area contributed by atoms with Crippen molar-refractivity contribution in [2.45, 2.75) is 20.3 Å². The summed E-state index contributed by atoms with van der Waals surface area (Å²) in [6.45, 7) is 4.38. The SMILES string of the molecule is COCCCN(CC(=O)NCC(=O)Nc1ccc(C)cc1)C(=O)c1ccccc1C. The predicted octanol–water partition coefficient (Wildman–Crippen LogP) is 2.54. The van der Waals surface area contributed by atoms with Gasteiger partial charge in [0.1, 0.15) is 0 Å². The van der Waals surface area contributed by atoms with Crippen molar-refractivity contribution in [2.24, 2.45) is 0 Å². The summed E-state index contributed by atoms with van der Waals surface area (Å²) < 4.78 is 5.06. The lowest BCUT2D eigenvalue weighted by molar-refractivity contribution is -0.124. The van der Waals surface area contributed by atoms with Gasteiger partial charge in [0.25, 0.3) is 5.91 Å². The molecular formula is C23H29N3O4. The average molecular weight is 412 g/mol. The van der Waals surface area contributed by atoms with Gasteiger partial charge in [0.05, 0.1) is 13.1 Å². The number of aryl methyl sites for hydroxylation is 2. The molecule has 0 fully saturated rings. The molecule has 0 bridgehead atoms. The zero-order chi connectivity index (χ0) is 21.9. The highest BCUT2D eigenvalue weighted by molar-refractivity contribution is 5.98. The van der Waals surface area contributed by atoms with E-state index >= 15 is 0 Å². The second kappa shape index (κ2) is 11.7. The van der Waals surface area contributed by atoms with Gasteiger partial charge in [-0.3, -0.25) is 14.4 Å². The topological polar surface area (TPSA) is 87.7 Å². The normalized spacial score (nSPS) is 10.4. The Bertz CT molecular complexity index is 865. The number of anilines is 1. The summed E-state index contributed by atoms with van der Waals surface area (Å²) in [5, 5.41) is 5.30. The summed E-state index contributed by atoms with van der Waals surface area (Å²) in [5.74, 6) is -0.944. The van der Waals surface area contributed by atoms with Gasteiger partial charge < -0.3 is 20.3 Å². The maximum absolute atomic E-state index is 12.9. The number of benzene rings is 2. The number of carbonyl (C=O) groups is 3. The van der Waals surface area contributed by atoms with Crippen molar-refractivity contribution in [3.8, 4) is 0 Å². The smallest absolute Gasteiger partial charge is 0.254 e. The van der Waals surface area contributed by atoms with Gasteiger partial charge in [0.2, 0.25) is 11.8 Å². The first-order valence-electron chi connectivity index (χ1n) is 9.87. The van der Waals surface area contributed by atoms with Crippen LogP contribution in [0.4, 0.5) is 5.69 Å². The third-order valence-corrected chi connectivity index (χ3v) is 4.56. The molecule has 3 amide bonds.